The average molecular weight is 310 g/mol. The summed E-state index contributed by atoms with van der Waals surface area (Å²) < 4.78 is 25.9. The number of halogens is 2. The molecule has 23 heavy (non-hydrogen) atoms. The van der Waals surface area contributed by atoms with Crippen LogP contribution in [-0.4, -0.2) is 14.8 Å². The molecule has 0 fully saturated rings. The molecule has 3 rings (SSSR count). The Balaban J connectivity index is 2.09. The summed E-state index contributed by atoms with van der Waals surface area (Å²) in [6.45, 7) is -0.731. The maximum Gasteiger partial charge on any atom is 0.333 e. The van der Waals surface area contributed by atoms with E-state index < -0.39 is 6.55 Å². The molecule has 2 heterocycles. The molecule has 2 aromatic heterocycles. The smallest absolute Gasteiger partial charge is 0.255 e. The van der Waals surface area contributed by atoms with E-state index in [4.69, 9.17) is 0 Å². The van der Waals surface area contributed by atoms with E-state index in [2.05, 4.69) is 10.1 Å². The van der Waals surface area contributed by atoms with Crippen molar-refractivity contribution in [1.82, 2.24) is 14.8 Å². The van der Waals surface area contributed by atoms with E-state index in [1.54, 1.807) is 6.07 Å². The van der Waals surface area contributed by atoms with Crippen LogP contribution < -0.4 is 0 Å². The summed E-state index contributed by atoms with van der Waals surface area (Å²) in [5, 5.41) is 13.0. The number of nitrogens with zero attached hydrogens (tertiary/aromatic N) is 4. The van der Waals surface area contributed by atoms with Crippen LogP contribution in [-0.2, 0) is 0 Å². The molecule has 6 heteroatoms. The average Bonchev–Trinajstić information content (AvgIpc) is 3.05. The highest BCUT2D eigenvalue weighted by atomic mass is 19.3. The second kappa shape index (κ2) is 5.97. The summed E-state index contributed by atoms with van der Waals surface area (Å²) in [6, 6.07) is 12.9. The van der Waals surface area contributed by atoms with Crippen LogP contribution in [0.25, 0.3) is 22.5 Å². The third-order valence-electron chi connectivity index (χ3n) is 3.46. The van der Waals surface area contributed by atoms with Gasteiger partial charge in [-0.05, 0) is 19.1 Å². The van der Waals surface area contributed by atoms with Gasteiger partial charge in [0.1, 0.15) is 6.07 Å². The lowest BCUT2D eigenvalue weighted by Gasteiger charge is -2.06. The number of aromatic nitrogens is 3. The highest BCUT2D eigenvalue weighted by molar-refractivity contribution is 5.73. The van der Waals surface area contributed by atoms with Crippen molar-refractivity contribution in [2.24, 2.45) is 0 Å². The minimum Gasteiger partial charge on any atom is -0.255 e. The van der Waals surface area contributed by atoms with Crippen LogP contribution in [0.1, 0.15) is 17.7 Å². The number of hydrogen-bond donors (Lipinski definition) is 0. The maximum atomic E-state index is 12.7. The first-order chi connectivity index (χ1) is 11.1. The summed E-state index contributed by atoms with van der Waals surface area (Å²) in [7, 11) is 0. The molecular weight excluding hydrogens is 298 g/mol. The quantitative estimate of drug-likeness (QED) is 0.729. The van der Waals surface area contributed by atoms with E-state index >= 15 is 0 Å². The van der Waals surface area contributed by atoms with Crippen LogP contribution in [0.5, 0.6) is 0 Å². The summed E-state index contributed by atoms with van der Waals surface area (Å²) in [6.07, 6.45) is 2.62. The van der Waals surface area contributed by atoms with Gasteiger partial charge in [-0.2, -0.15) is 19.1 Å². The van der Waals surface area contributed by atoms with Gasteiger partial charge in [-0.1, -0.05) is 29.8 Å². The largest absolute Gasteiger partial charge is 0.333 e. The first-order valence-corrected chi connectivity index (χ1v) is 6.89. The lowest BCUT2D eigenvalue weighted by Crippen LogP contribution is -1.99. The van der Waals surface area contributed by atoms with Gasteiger partial charge in [0.2, 0.25) is 0 Å². The van der Waals surface area contributed by atoms with Crippen LogP contribution in [0.3, 0.4) is 0 Å². The molecule has 0 aliphatic carbocycles. The molecule has 0 aliphatic heterocycles. The maximum absolute atomic E-state index is 12.7. The van der Waals surface area contributed by atoms with Crippen molar-refractivity contribution in [2.75, 3.05) is 0 Å². The number of rotatable bonds is 3. The molecule has 0 radical (unpaired) electrons. The fourth-order valence-electron chi connectivity index (χ4n) is 2.23. The first-order valence-electron chi connectivity index (χ1n) is 6.89. The SMILES string of the molecule is Cc1ccc(-c2cc(-c3ccn(C(F)F)n3)c(C#N)cn2)cc1. The van der Waals surface area contributed by atoms with Gasteiger partial charge in [0, 0.05) is 23.5 Å². The zero-order valence-corrected chi connectivity index (χ0v) is 12.2. The number of benzene rings is 1. The van der Waals surface area contributed by atoms with E-state index in [1.165, 1.54) is 18.5 Å². The van der Waals surface area contributed by atoms with Crippen molar-refractivity contribution in [3.63, 3.8) is 0 Å². The fraction of sp³-hybridized carbons (Fsp3) is 0.118. The van der Waals surface area contributed by atoms with E-state index in [0.717, 1.165) is 11.1 Å². The highest BCUT2D eigenvalue weighted by Gasteiger charge is 2.14. The molecule has 0 atom stereocenters. The van der Waals surface area contributed by atoms with Gasteiger partial charge in [-0.15, -0.1) is 0 Å². The van der Waals surface area contributed by atoms with Crippen molar-refractivity contribution >= 4 is 0 Å². The fourth-order valence-corrected chi connectivity index (χ4v) is 2.23. The zero-order chi connectivity index (χ0) is 16.4. The van der Waals surface area contributed by atoms with Gasteiger partial charge in [-0.3, -0.25) is 4.98 Å². The Kier molecular flexibility index (Phi) is 3.85. The van der Waals surface area contributed by atoms with Crippen LogP contribution in [0, 0.1) is 18.3 Å². The molecule has 0 bridgehead atoms. The molecule has 0 amide bonds. The van der Waals surface area contributed by atoms with Crippen LogP contribution in [0.15, 0.2) is 48.8 Å². The Morgan fingerprint density at radius 1 is 1.13 bits per heavy atom. The summed E-state index contributed by atoms with van der Waals surface area (Å²) >= 11 is 0. The molecular formula is C17H12F2N4. The van der Waals surface area contributed by atoms with Gasteiger partial charge in [0.25, 0.3) is 0 Å². The van der Waals surface area contributed by atoms with Crippen LogP contribution >= 0.6 is 0 Å². The van der Waals surface area contributed by atoms with Gasteiger partial charge >= 0.3 is 6.55 Å². The number of alkyl halides is 2. The molecule has 3 aromatic rings. The van der Waals surface area contributed by atoms with Crippen molar-refractivity contribution in [3.05, 3.63) is 59.9 Å². The Morgan fingerprint density at radius 3 is 2.48 bits per heavy atom. The van der Waals surface area contributed by atoms with Crippen molar-refractivity contribution < 1.29 is 8.78 Å². The summed E-state index contributed by atoms with van der Waals surface area (Å²) in [5.41, 5.74) is 3.76. The van der Waals surface area contributed by atoms with E-state index in [9.17, 15) is 14.0 Å². The van der Waals surface area contributed by atoms with Gasteiger partial charge in [0.15, 0.2) is 0 Å². The molecule has 114 valence electrons. The molecule has 0 N–H and O–H groups in total. The molecule has 0 saturated heterocycles. The minimum atomic E-state index is -2.72. The standard InChI is InChI=1S/C17H12F2N4/c1-11-2-4-12(5-3-11)16-8-14(13(9-20)10-21-16)15-6-7-23(22-15)17(18)19/h2-8,10,17H,1H3. The summed E-state index contributed by atoms with van der Waals surface area (Å²) in [4.78, 5) is 4.27. The Morgan fingerprint density at radius 2 is 1.87 bits per heavy atom. The number of hydrogen-bond acceptors (Lipinski definition) is 3. The molecule has 0 saturated carbocycles. The number of aryl methyl sites for hydroxylation is 1. The predicted octanol–water partition coefficient (Wildman–Crippen LogP) is 4.19. The van der Waals surface area contributed by atoms with Gasteiger partial charge in [0.05, 0.1) is 17.0 Å². The van der Waals surface area contributed by atoms with Gasteiger partial charge < -0.3 is 0 Å². The number of nitriles is 1. The third kappa shape index (κ3) is 2.94. The normalized spacial score (nSPS) is 10.7. The monoisotopic (exact) mass is 310 g/mol. The Hall–Kier alpha value is -3.07. The molecule has 4 nitrogen and oxygen atoms in total. The van der Waals surface area contributed by atoms with Crippen molar-refractivity contribution in [1.29, 1.82) is 5.26 Å². The first kappa shape index (κ1) is 14.9. The molecule has 0 spiro atoms. The Bertz CT molecular complexity index is 876. The molecule has 0 aliphatic rings. The lowest BCUT2D eigenvalue weighted by atomic mass is 10.0. The third-order valence-corrected chi connectivity index (χ3v) is 3.46. The summed E-state index contributed by atoms with van der Waals surface area (Å²) in [5.74, 6) is 0. The van der Waals surface area contributed by atoms with E-state index in [-0.39, 0.29) is 0 Å². The van der Waals surface area contributed by atoms with Crippen LogP contribution in [0.4, 0.5) is 8.78 Å². The predicted molar refractivity (Wildman–Crippen MR) is 81.6 cm³/mol. The highest BCUT2D eigenvalue weighted by Crippen LogP contribution is 2.27. The Labute approximate surface area is 131 Å². The lowest BCUT2D eigenvalue weighted by molar-refractivity contribution is 0.0568. The number of pyridine rings is 1. The molecule has 0 unspecified atom stereocenters. The van der Waals surface area contributed by atoms with Crippen molar-refractivity contribution in [2.45, 2.75) is 13.5 Å². The van der Waals surface area contributed by atoms with Gasteiger partial charge in [-0.25, -0.2) is 4.68 Å². The van der Waals surface area contributed by atoms with E-state index in [1.807, 2.05) is 37.3 Å². The van der Waals surface area contributed by atoms with Crippen molar-refractivity contribution in [3.8, 4) is 28.6 Å². The van der Waals surface area contributed by atoms with Crippen LogP contribution in [0.2, 0.25) is 0 Å². The second-order valence-corrected chi connectivity index (χ2v) is 5.05. The minimum absolute atomic E-state index is 0.292. The zero-order valence-electron chi connectivity index (χ0n) is 12.2. The van der Waals surface area contributed by atoms with E-state index in [0.29, 0.717) is 27.2 Å². The second-order valence-electron chi connectivity index (χ2n) is 5.05. The topological polar surface area (TPSA) is 54.5 Å². The molecule has 1 aromatic carbocycles.